The van der Waals surface area contributed by atoms with Crippen molar-refractivity contribution < 1.29 is 9.23 Å². The first-order chi connectivity index (χ1) is 6.19. The molecule has 1 aromatic carbocycles. The van der Waals surface area contributed by atoms with Gasteiger partial charge in [0, 0.05) is 0 Å². The van der Waals surface area contributed by atoms with Crippen molar-refractivity contribution in [2.45, 2.75) is 26.9 Å². The summed E-state index contributed by atoms with van der Waals surface area (Å²) in [5.41, 5.74) is 2.53. The second-order valence-corrected chi connectivity index (χ2v) is 3.03. The molecule has 0 spiro atoms. The predicted octanol–water partition coefficient (Wildman–Crippen LogP) is 2.09. The Morgan fingerprint density at radius 2 is 2.08 bits per heavy atom. The van der Waals surface area contributed by atoms with Crippen molar-refractivity contribution in [3.8, 4) is 0 Å². The van der Waals surface area contributed by atoms with Crippen molar-refractivity contribution >= 4 is 0 Å². The van der Waals surface area contributed by atoms with Crippen LogP contribution < -0.4 is 5.90 Å². The zero-order valence-corrected chi connectivity index (χ0v) is 7.93. The molecule has 1 aromatic rings. The van der Waals surface area contributed by atoms with Gasteiger partial charge in [-0.05, 0) is 36.1 Å². The molecule has 0 fully saturated rings. The van der Waals surface area contributed by atoms with Gasteiger partial charge in [-0.25, -0.2) is 10.3 Å². The molecule has 0 aliphatic rings. The van der Waals surface area contributed by atoms with Gasteiger partial charge in [-0.3, -0.25) is 4.84 Å². The second kappa shape index (κ2) is 4.35. The van der Waals surface area contributed by atoms with Crippen molar-refractivity contribution in [3.63, 3.8) is 0 Å². The number of hydrogen-bond donors (Lipinski definition) is 1. The van der Waals surface area contributed by atoms with Crippen LogP contribution in [0.4, 0.5) is 4.39 Å². The van der Waals surface area contributed by atoms with Crippen LogP contribution in [-0.2, 0) is 17.9 Å². The van der Waals surface area contributed by atoms with Crippen LogP contribution in [-0.4, -0.2) is 0 Å². The fourth-order valence-corrected chi connectivity index (χ4v) is 1.28. The van der Waals surface area contributed by atoms with Crippen LogP contribution in [0.1, 0.15) is 23.6 Å². The van der Waals surface area contributed by atoms with Crippen LogP contribution in [0.15, 0.2) is 12.1 Å². The van der Waals surface area contributed by atoms with Crippen LogP contribution in [0.25, 0.3) is 0 Å². The summed E-state index contributed by atoms with van der Waals surface area (Å²) in [5.74, 6) is 4.81. The van der Waals surface area contributed by atoms with E-state index >= 15 is 0 Å². The van der Waals surface area contributed by atoms with E-state index in [4.69, 9.17) is 5.90 Å². The van der Waals surface area contributed by atoms with Crippen LogP contribution in [0.5, 0.6) is 0 Å². The summed E-state index contributed by atoms with van der Waals surface area (Å²) in [6.45, 7) is 4.09. The predicted molar refractivity (Wildman–Crippen MR) is 49.5 cm³/mol. The van der Waals surface area contributed by atoms with Gasteiger partial charge < -0.3 is 0 Å². The van der Waals surface area contributed by atoms with E-state index in [9.17, 15) is 4.39 Å². The van der Waals surface area contributed by atoms with Crippen LogP contribution >= 0.6 is 0 Å². The van der Waals surface area contributed by atoms with Crippen LogP contribution in [0.3, 0.4) is 0 Å². The molecular weight excluding hydrogens is 169 g/mol. The fraction of sp³-hybridized carbons (Fsp3) is 0.400. The summed E-state index contributed by atoms with van der Waals surface area (Å²) >= 11 is 0. The van der Waals surface area contributed by atoms with Gasteiger partial charge in [0.2, 0.25) is 0 Å². The molecule has 0 heterocycles. The Balaban J connectivity index is 3.06. The molecule has 72 valence electrons. The van der Waals surface area contributed by atoms with Crippen LogP contribution in [0, 0.1) is 12.7 Å². The Labute approximate surface area is 77.5 Å². The lowest BCUT2D eigenvalue weighted by molar-refractivity contribution is 0.123. The third kappa shape index (κ3) is 2.26. The minimum Gasteiger partial charge on any atom is -0.300 e. The lowest BCUT2D eigenvalue weighted by Crippen LogP contribution is -2.02. The van der Waals surface area contributed by atoms with Gasteiger partial charge in [-0.15, -0.1) is 0 Å². The first-order valence-electron chi connectivity index (χ1n) is 4.28. The molecule has 2 N–H and O–H groups in total. The minimum atomic E-state index is -0.152. The van der Waals surface area contributed by atoms with E-state index in [1.807, 2.05) is 13.8 Å². The molecule has 3 heteroatoms. The summed E-state index contributed by atoms with van der Waals surface area (Å²) in [7, 11) is 0. The molecule has 2 nitrogen and oxygen atoms in total. The lowest BCUT2D eigenvalue weighted by Gasteiger charge is -2.07. The summed E-state index contributed by atoms with van der Waals surface area (Å²) in [6, 6.07) is 3.32. The molecule has 0 unspecified atom stereocenters. The summed E-state index contributed by atoms with van der Waals surface area (Å²) in [4.78, 5) is 4.53. The van der Waals surface area contributed by atoms with Gasteiger partial charge in [-0.2, -0.15) is 0 Å². The van der Waals surface area contributed by atoms with Gasteiger partial charge in [0.1, 0.15) is 5.82 Å². The van der Waals surface area contributed by atoms with Crippen LogP contribution in [0.2, 0.25) is 0 Å². The number of hydrogen-bond acceptors (Lipinski definition) is 2. The van der Waals surface area contributed by atoms with Crippen molar-refractivity contribution in [1.29, 1.82) is 0 Å². The van der Waals surface area contributed by atoms with E-state index in [1.54, 1.807) is 6.07 Å². The first kappa shape index (κ1) is 10.2. The maximum atomic E-state index is 13.2. The molecular formula is C10H14FNO. The average molecular weight is 183 g/mol. The minimum absolute atomic E-state index is 0.152. The number of nitrogens with two attached hydrogens (primary N) is 1. The average Bonchev–Trinajstić information content (AvgIpc) is 2.10. The molecule has 0 radical (unpaired) electrons. The monoisotopic (exact) mass is 183 g/mol. The largest absolute Gasteiger partial charge is 0.300 e. The van der Waals surface area contributed by atoms with Gasteiger partial charge in [-0.1, -0.05) is 13.0 Å². The molecule has 0 amide bonds. The van der Waals surface area contributed by atoms with E-state index in [2.05, 4.69) is 4.84 Å². The van der Waals surface area contributed by atoms with E-state index < -0.39 is 0 Å². The first-order valence-corrected chi connectivity index (χ1v) is 4.28. The van der Waals surface area contributed by atoms with Gasteiger partial charge >= 0.3 is 0 Å². The van der Waals surface area contributed by atoms with E-state index in [0.717, 1.165) is 11.1 Å². The van der Waals surface area contributed by atoms with E-state index in [-0.39, 0.29) is 5.82 Å². The summed E-state index contributed by atoms with van der Waals surface area (Å²) < 4.78 is 13.2. The standard InChI is InChI=1S/C10H14FNO/c1-3-8-5-9(6-13-12)7(2)4-10(8)11/h4-5H,3,6,12H2,1-2H3. The van der Waals surface area contributed by atoms with E-state index in [0.29, 0.717) is 18.6 Å². The molecule has 0 aliphatic carbocycles. The quantitative estimate of drug-likeness (QED) is 0.728. The zero-order chi connectivity index (χ0) is 9.84. The Morgan fingerprint density at radius 1 is 1.38 bits per heavy atom. The Morgan fingerprint density at radius 3 is 2.62 bits per heavy atom. The number of aryl methyl sites for hydroxylation is 2. The lowest BCUT2D eigenvalue weighted by atomic mass is 10.0. The highest BCUT2D eigenvalue weighted by atomic mass is 19.1. The third-order valence-corrected chi connectivity index (χ3v) is 2.12. The Hall–Kier alpha value is -0.930. The van der Waals surface area contributed by atoms with Crippen molar-refractivity contribution in [2.24, 2.45) is 5.90 Å². The maximum Gasteiger partial charge on any atom is 0.126 e. The zero-order valence-electron chi connectivity index (χ0n) is 7.93. The molecule has 0 saturated heterocycles. The van der Waals surface area contributed by atoms with E-state index in [1.165, 1.54) is 6.07 Å². The third-order valence-electron chi connectivity index (χ3n) is 2.12. The highest BCUT2D eigenvalue weighted by molar-refractivity contribution is 5.31. The van der Waals surface area contributed by atoms with Crippen molar-refractivity contribution in [2.75, 3.05) is 0 Å². The highest BCUT2D eigenvalue weighted by Crippen LogP contribution is 2.16. The normalized spacial score (nSPS) is 10.5. The SMILES string of the molecule is CCc1cc(CON)c(C)cc1F. The summed E-state index contributed by atoms with van der Waals surface area (Å²) in [6.07, 6.45) is 0.684. The van der Waals surface area contributed by atoms with Crippen molar-refractivity contribution in [3.05, 3.63) is 34.6 Å². The number of benzene rings is 1. The maximum absolute atomic E-state index is 13.2. The van der Waals surface area contributed by atoms with Crippen molar-refractivity contribution in [1.82, 2.24) is 0 Å². The van der Waals surface area contributed by atoms with Gasteiger partial charge in [0.05, 0.1) is 6.61 Å². The number of halogens is 1. The topological polar surface area (TPSA) is 35.2 Å². The number of rotatable bonds is 3. The molecule has 0 saturated carbocycles. The smallest absolute Gasteiger partial charge is 0.126 e. The molecule has 13 heavy (non-hydrogen) atoms. The fourth-order valence-electron chi connectivity index (χ4n) is 1.28. The summed E-state index contributed by atoms with van der Waals surface area (Å²) in [5, 5.41) is 0. The Bertz CT molecular complexity index is 299. The highest BCUT2D eigenvalue weighted by Gasteiger charge is 2.05. The van der Waals surface area contributed by atoms with Gasteiger partial charge in [0.15, 0.2) is 0 Å². The molecule has 0 aliphatic heterocycles. The molecule has 0 atom stereocenters. The Kier molecular flexibility index (Phi) is 3.39. The molecule has 0 aromatic heterocycles. The second-order valence-electron chi connectivity index (χ2n) is 3.03. The van der Waals surface area contributed by atoms with Gasteiger partial charge in [0.25, 0.3) is 0 Å². The molecule has 0 bridgehead atoms. The molecule has 1 rings (SSSR count).